The Hall–Kier alpha value is -1.99. The lowest BCUT2D eigenvalue weighted by Crippen LogP contribution is -2.39. The minimum absolute atomic E-state index is 0.0499. The van der Waals surface area contributed by atoms with Crippen molar-refractivity contribution >= 4 is 23.2 Å². The standard InChI is InChI=1S/C10H10ClN3O4/c11-8-4(1-2-6(15)9(8)16)5-3-7(18-14-5)10(17)13-12/h1-2,7,15-16H,3,12H2,(H,13,17). The van der Waals surface area contributed by atoms with Gasteiger partial charge in [-0.1, -0.05) is 16.8 Å². The van der Waals surface area contributed by atoms with Crippen LogP contribution in [0, 0.1) is 0 Å². The summed E-state index contributed by atoms with van der Waals surface area (Å²) in [4.78, 5) is 16.1. The molecular formula is C10H10ClN3O4. The number of phenolic OH excluding ortho intramolecular Hbond substituents is 2. The molecule has 1 aromatic rings. The second-order valence-corrected chi connectivity index (χ2v) is 4.02. The molecule has 5 N–H and O–H groups in total. The summed E-state index contributed by atoms with van der Waals surface area (Å²) in [6.07, 6.45) is -0.649. The highest BCUT2D eigenvalue weighted by atomic mass is 35.5. The first-order valence-corrected chi connectivity index (χ1v) is 5.36. The molecule has 0 spiro atoms. The van der Waals surface area contributed by atoms with Gasteiger partial charge in [-0.15, -0.1) is 0 Å². The highest BCUT2D eigenvalue weighted by Gasteiger charge is 2.30. The third kappa shape index (κ3) is 2.05. The minimum Gasteiger partial charge on any atom is -0.504 e. The van der Waals surface area contributed by atoms with E-state index in [1.54, 1.807) is 0 Å². The maximum absolute atomic E-state index is 11.2. The lowest BCUT2D eigenvalue weighted by atomic mass is 10.0. The van der Waals surface area contributed by atoms with Gasteiger partial charge in [-0.25, -0.2) is 5.84 Å². The van der Waals surface area contributed by atoms with Gasteiger partial charge in [-0.05, 0) is 12.1 Å². The van der Waals surface area contributed by atoms with Crippen LogP contribution in [0.25, 0.3) is 0 Å². The van der Waals surface area contributed by atoms with Crippen molar-refractivity contribution in [1.29, 1.82) is 0 Å². The van der Waals surface area contributed by atoms with Crippen LogP contribution in [0.2, 0.25) is 5.02 Å². The quantitative estimate of drug-likeness (QED) is 0.266. The highest BCUT2D eigenvalue weighted by molar-refractivity contribution is 6.36. The number of carbonyl (C=O) groups excluding carboxylic acids is 1. The third-order valence-electron chi connectivity index (χ3n) is 2.51. The molecule has 0 aromatic heterocycles. The fraction of sp³-hybridized carbons (Fsp3) is 0.200. The van der Waals surface area contributed by atoms with E-state index >= 15 is 0 Å². The molecule has 18 heavy (non-hydrogen) atoms. The van der Waals surface area contributed by atoms with Crippen molar-refractivity contribution in [3.63, 3.8) is 0 Å². The second-order valence-electron chi connectivity index (χ2n) is 3.64. The number of nitrogens with zero attached hydrogens (tertiary/aromatic N) is 1. The van der Waals surface area contributed by atoms with Gasteiger partial charge in [-0.2, -0.15) is 0 Å². The fourth-order valence-corrected chi connectivity index (χ4v) is 1.82. The van der Waals surface area contributed by atoms with E-state index in [0.717, 1.165) is 0 Å². The van der Waals surface area contributed by atoms with Crippen molar-refractivity contribution in [2.24, 2.45) is 11.0 Å². The van der Waals surface area contributed by atoms with Crippen LogP contribution in [0.1, 0.15) is 12.0 Å². The molecule has 1 heterocycles. The number of halogens is 1. The average molecular weight is 272 g/mol. The minimum atomic E-state index is -0.822. The van der Waals surface area contributed by atoms with Crippen LogP contribution in [-0.2, 0) is 9.63 Å². The Kier molecular flexibility index (Phi) is 3.26. The summed E-state index contributed by atoms with van der Waals surface area (Å²) in [5, 5.41) is 22.4. The normalized spacial score (nSPS) is 18.1. The molecule has 0 radical (unpaired) electrons. The summed E-state index contributed by atoms with van der Waals surface area (Å²) in [6.45, 7) is 0. The number of carbonyl (C=O) groups is 1. The zero-order chi connectivity index (χ0) is 13.3. The summed E-state index contributed by atoms with van der Waals surface area (Å²) in [6, 6.07) is 2.75. The van der Waals surface area contributed by atoms with Gasteiger partial charge in [0, 0.05) is 12.0 Å². The van der Waals surface area contributed by atoms with Gasteiger partial charge in [0.25, 0.3) is 5.91 Å². The summed E-state index contributed by atoms with van der Waals surface area (Å²) in [7, 11) is 0. The van der Waals surface area contributed by atoms with Crippen molar-refractivity contribution < 1.29 is 19.8 Å². The van der Waals surface area contributed by atoms with Crippen LogP contribution in [0.5, 0.6) is 11.5 Å². The van der Waals surface area contributed by atoms with Gasteiger partial charge in [0.05, 0.1) is 10.7 Å². The predicted molar refractivity (Wildman–Crippen MR) is 63.1 cm³/mol. The van der Waals surface area contributed by atoms with Gasteiger partial charge in [0.15, 0.2) is 11.5 Å². The van der Waals surface area contributed by atoms with Gasteiger partial charge in [-0.3, -0.25) is 10.2 Å². The summed E-state index contributed by atoms with van der Waals surface area (Å²) < 4.78 is 0. The molecule has 0 fully saturated rings. The van der Waals surface area contributed by atoms with E-state index in [2.05, 4.69) is 5.16 Å². The number of hydrogen-bond donors (Lipinski definition) is 4. The third-order valence-corrected chi connectivity index (χ3v) is 2.89. The molecule has 1 aliphatic heterocycles. The molecular weight excluding hydrogens is 262 g/mol. The number of phenols is 2. The highest BCUT2D eigenvalue weighted by Crippen LogP contribution is 2.37. The Bertz CT molecular complexity index is 532. The number of rotatable bonds is 2. The van der Waals surface area contributed by atoms with Crippen LogP contribution < -0.4 is 11.3 Å². The molecule has 1 unspecified atom stereocenters. The summed E-state index contributed by atoms with van der Waals surface area (Å²) in [5.41, 5.74) is 2.74. The van der Waals surface area contributed by atoms with Gasteiger partial charge < -0.3 is 15.1 Å². The number of benzene rings is 1. The first-order chi connectivity index (χ1) is 8.54. The van der Waals surface area contributed by atoms with Gasteiger partial charge >= 0.3 is 0 Å². The maximum Gasteiger partial charge on any atom is 0.278 e. The smallest absolute Gasteiger partial charge is 0.278 e. The summed E-state index contributed by atoms with van der Waals surface area (Å²) >= 11 is 5.87. The molecule has 7 nitrogen and oxygen atoms in total. The molecule has 1 aromatic carbocycles. The van der Waals surface area contributed by atoms with Gasteiger partial charge in [0.2, 0.25) is 6.10 Å². The van der Waals surface area contributed by atoms with Crippen molar-refractivity contribution in [2.75, 3.05) is 0 Å². The molecule has 1 amide bonds. The Morgan fingerprint density at radius 1 is 1.56 bits per heavy atom. The second kappa shape index (κ2) is 4.71. The van der Waals surface area contributed by atoms with E-state index in [1.807, 2.05) is 5.43 Å². The van der Waals surface area contributed by atoms with Crippen molar-refractivity contribution in [1.82, 2.24) is 5.43 Å². The lowest BCUT2D eigenvalue weighted by molar-refractivity contribution is -0.131. The van der Waals surface area contributed by atoms with E-state index in [9.17, 15) is 15.0 Å². The zero-order valence-electron chi connectivity index (χ0n) is 9.05. The average Bonchev–Trinajstić information content (AvgIpc) is 2.84. The van der Waals surface area contributed by atoms with Crippen molar-refractivity contribution in [3.05, 3.63) is 22.7 Å². The number of hydrogen-bond acceptors (Lipinski definition) is 6. The molecule has 0 saturated heterocycles. The summed E-state index contributed by atoms with van der Waals surface area (Å²) in [5.74, 6) is 3.70. The molecule has 8 heteroatoms. The number of nitrogens with two attached hydrogens (primary N) is 1. The number of amides is 1. The lowest BCUT2D eigenvalue weighted by Gasteiger charge is -2.07. The van der Waals surface area contributed by atoms with E-state index in [-0.39, 0.29) is 17.2 Å². The number of oxime groups is 1. The van der Waals surface area contributed by atoms with Crippen molar-refractivity contribution in [3.8, 4) is 11.5 Å². The largest absolute Gasteiger partial charge is 0.504 e. The number of nitrogens with one attached hydrogen (secondary N) is 1. The Morgan fingerprint density at radius 2 is 2.28 bits per heavy atom. The van der Waals surface area contributed by atoms with Crippen LogP contribution in [0.15, 0.2) is 17.3 Å². The molecule has 2 rings (SSSR count). The van der Waals surface area contributed by atoms with Crippen molar-refractivity contribution in [2.45, 2.75) is 12.5 Å². The number of aromatic hydroxyl groups is 2. The first-order valence-electron chi connectivity index (χ1n) is 4.98. The SMILES string of the molecule is NNC(=O)C1CC(c2ccc(O)c(O)c2Cl)=NO1. The monoisotopic (exact) mass is 271 g/mol. The topological polar surface area (TPSA) is 117 Å². The first kappa shape index (κ1) is 12.5. The Labute approximate surface area is 107 Å². The van der Waals surface area contributed by atoms with Crippen LogP contribution >= 0.6 is 11.6 Å². The number of hydrazine groups is 1. The zero-order valence-corrected chi connectivity index (χ0v) is 9.81. The molecule has 0 aliphatic carbocycles. The molecule has 0 saturated carbocycles. The molecule has 96 valence electrons. The Balaban J connectivity index is 2.25. The van der Waals surface area contributed by atoms with Crippen LogP contribution in [0.3, 0.4) is 0 Å². The Morgan fingerprint density at radius 3 is 2.94 bits per heavy atom. The fourth-order valence-electron chi connectivity index (χ4n) is 1.55. The van der Waals surface area contributed by atoms with E-state index in [4.69, 9.17) is 22.3 Å². The molecule has 1 aliphatic rings. The van der Waals surface area contributed by atoms with Crippen LogP contribution in [0.4, 0.5) is 0 Å². The van der Waals surface area contributed by atoms with E-state index < -0.39 is 17.8 Å². The van der Waals surface area contributed by atoms with Crippen LogP contribution in [-0.4, -0.2) is 27.9 Å². The maximum atomic E-state index is 11.2. The van der Waals surface area contributed by atoms with E-state index in [1.165, 1.54) is 12.1 Å². The predicted octanol–water partition coefficient (Wildman–Crippen LogP) is 0.234. The van der Waals surface area contributed by atoms with E-state index in [0.29, 0.717) is 11.3 Å². The molecule has 1 atom stereocenters. The molecule has 0 bridgehead atoms. The van der Waals surface area contributed by atoms with Gasteiger partial charge in [0.1, 0.15) is 0 Å².